The number of hydrazine groups is 1. The minimum absolute atomic E-state index is 0. The molecule has 0 aliphatic carbocycles. The quantitative estimate of drug-likeness (QED) is 0.578. The van der Waals surface area contributed by atoms with Gasteiger partial charge in [-0.3, -0.25) is 14.8 Å². The van der Waals surface area contributed by atoms with Crippen LogP contribution in [-0.4, -0.2) is 33.6 Å². The SMILES string of the molecule is Cl.O=C(NN1CCCCC1)c1cn(-c2ccc(Cl)cc2)c(-c2ccccc2Cl)n1. The standard InChI is InChI=1S/C21H20Cl2N4O.ClH/c22-15-8-10-16(11-9-15)27-14-19(21(28)25-26-12-4-1-5-13-26)24-20(27)17-6-2-3-7-18(17)23;/h2-3,6-11,14H,1,4-5,12-13H2,(H,25,28);1H. The van der Waals surface area contributed by atoms with Crippen LogP contribution >= 0.6 is 35.6 Å². The Kier molecular flexibility index (Phi) is 7.19. The van der Waals surface area contributed by atoms with Gasteiger partial charge in [0, 0.05) is 35.6 Å². The van der Waals surface area contributed by atoms with E-state index in [-0.39, 0.29) is 18.3 Å². The van der Waals surface area contributed by atoms with Crippen molar-refractivity contribution in [2.75, 3.05) is 13.1 Å². The van der Waals surface area contributed by atoms with Crippen molar-refractivity contribution in [3.05, 3.63) is 70.5 Å². The van der Waals surface area contributed by atoms with Crippen molar-refractivity contribution in [2.24, 2.45) is 0 Å². The fourth-order valence-electron chi connectivity index (χ4n) is 3.33. The van der Waals surface area contributed by atoms with Crippen LogP contribution in [0.15, 0.2) is 54.7 Å². The number of imidazole rings is 1. The number of amides is 1. The molecule has 1 N–H and O–H groups in total. The van der Waals surface area contributed by atoms with Gasteiger partial charge in [-0.2, -0.15) is 0 Å². The van der Waals surface area contributed by atoms with Gasteiger partial charge in [0.1, 0.15) is 11.5 Å². The Balaban J connectivity index is 0.00000240. The molecule has 1 aliphatic rings. The number of nitrogens with one attached hydrogen (secondary N) is 1. The lowest BCUT2D eigenvalue weighted by Gasteiger charge is -2.26. The zero-order valence-electron chi connectivity index (χ0n) is 15.6. The Labute approximate surface area is 186 Å². The second-order valence-corrected chi connectivity index (χ2v) is 7.61. The van der Waals surface area contributed by atoms with E-state index in [1.807, 2.05) is 46.0 Å². The molecular formula is C21H21Cl3N4O. The van der Waals surface area contributed by atoms with Crippen LogP contribution in [0.4, 0.5) is 0 Å². The first-order chi connectivity index (χ1) is 13.6. The average molecular weight is 452 g/mol. The van der Waals surface area contributed by atoms with Crippen molar-refractivity contribution in [1.29, 1.82) is 0 Å². The first-order valence-corrected chi connectivity index (χ1v) is 10.0. The Morgan fingerprint density at radius 1 is 0.966 bits per heavy atom. The summed E-state index contributed by atoms with van der Waals surface area (Å²) in [6, 6.07) is 14.9. The van der Waals surface area contributed by atoms with E-state index in [1.54, 1.807) is 18.3 Å². The van der Waals surface area contributed by atoms with Crippen LogP contribution in [0.1, 0.15) is 29.8 Å². The highest BCUT2D eigenvalue weighted by molar-refractivity contribution is 6.33. The number of hydrogen-bond donors (Lipinski definition) is 1. The predicted octanol–water partition coefficient (Wildman–Crippen LogP) is 5.40. The van der Waals surface area contributed by atoms with E-state index in [0.29, 0.717) is 21.6 Å². The van der Waals surface area contributed by atoms with E-state index in [0.717, 1.165) is 37.2 Å². The van der Waals surface area contributed by atoms with Crippen molar-refractivity contribution in [3.63, 3.8) is 0 Å². The summed E-state index contributed by atoms with van der Waals surface area (Å²) in [5, 5.41) is 3.18. The van der Waals surface area contributed by atoms with E-state index in [9.17, 15) is 4.79 Å². The molecule has 1 saturated heterocycles. The van der Waals surface area contributed by atoms with Crippen molar-refractivity contribution in [2.45, 2.75) is 19.3 Å². The number of carbonyl (C=O) groups excluding carboxylic acids is 1. The number of carbonyl (C=O) groups is 1. The molecule has 0 saturated carbocycles. The van der Waals surface area contributed by atoms with Gasteiger partial charge in [-0.25, -0.2) is 9.99 Å². The van der Waals surface area contributed by atoms with Crippen LogP contribution in [-0.2, 0) is 0 Å². The molecule has 0 unspecified atom stereocenters. The van der Waals surface area contributed by atoms with Crippen LogP contribution in [0, 0.1) is 0 Å². The molecule has 1 amide bonds. The molecule has 8 heteroatoms. The number of halogens is 3. The molecule has 29 heavy (non-hydrogen) atoms. The fraction of sp³-hybridized carbons (Fsp3) is 0.238. The molecule has 4 rings (SSSR count). The monoisotopic (exact) mass is 450 g/mol. The maximum Gasteiger partial charge on any atom is 0.285 e. The zero-order chi connectivity index (χ0) is 19.5. The van der Waals surface area contributed by atoms with E-state index in [2.05, 4.69) is 10.4 Å². The summed E-state index contributed by atoms with van der Waals surface area (Å²) in [6.45, 7) is 1.72. The van der Waals surface area contributed by atoms with Gasteiger partial charge in [-0.05, 0) is 49.2 Å². The van der Waals surface area contributed by atoms with Crippen LogP contribution < -0.4 is 5.43 Å². The summed E-state index contributed by atoms with van der Waals surface area (Å²) < 4.78 is 1.86. The second kappa shape index (κ2) is 9.63. The summed E-state index contributed by atoms with van der Waals surface area (Å²) >= 11 is 12.4. The predicted molar refractivity (Wildman–Crippen MR) is 119 cm³/mol. The lowest BCUT2D eigenvalue weighted by atomic mass is 10.2. The van der Waals surface area contributed by atoms with Crippen LogP contribution in [0.2, 0.25) is 10.0 Å². The summed E-state index contributed by atoms with van der Waals surface area (Å²) in [7, 11) is 0. The molecule has 1 aromatic heterocycles. The molecule has 152 valence electrons. The Morgan fingerprint density at radius 3 is 2.34 bits per heavy atom. The van der Waals surface area contributed by atoms with Crippen molar-refractivity contribution in [3.8, 4) is 17.1 Å². The minimum Gasteiger partial charge on any atom is -0.299 e. The smallest absolute Gasteiger partial charge is 0.285 e. The second-order valence-electron chi connectivity index (χ2n) is 6.76. The largest absolute Gasteiger partial charge is 0.299 e. The van der Waals surface area contributed by atoms with Crippen LogP contribution in [0.3, 0.4) is 0 Å². The molecule has 1 fully saturated rings. The third-order valence-corrected chi connectivity index (χ3v) is 5.36. The van der Waals surface area contributed by atoms with Gasteiger partial charge in [-0.1, -0.05) is 41.8 Å². The van der Waals surface area contributed by atoms with Gasteiger partial charge in [-0.15, -0.1) is 12.4 Å². The van der Waals surface area contributed by atoms with E-state index in [1.165, 1.54) is 6.42 Å². The highest BCUT2D eigenvalue weighted by Gasteiger charge is 2.20. The normalized spacial score (nSPS) is 14.3. The average Bonchev–Trinajstić information content (AvgIpc) is 3.15. The van der Waals surface area contributed by atoms with Gasteiger partial charge >= 0.3 is 0 Å². The maximum absolute atomic E-state index is 12.8. The Hall–Kier alpha value is -2.05. The minimum atomic E-state index is -0.220. The van der Waals surface area contributed by atoms with Gasteiger partial charge in [0.15, 0.2) is 0 Å². The zero-order valence-corrected chi connectivity index (χ0v) is 18.0. The number of rotatable bonds is 4. The molecule has 5 nitrogen and oxygen atoms in total. The molecule has 0 spiro atoms. The lowest BCUT2D eigenvalue weighted by Crippen LogP contribution is -2.45. The molecular weight excluding hydrogens is 431 g/mol. The van der Waals surface area contributed by atoms with E-state index >= 15 is 0 Å². The van der Waals surface area contributed by atoms with Crippen molar-refractivity contribution in [1.82, 2.24) is 20.0 Å². The lowest BCUT2D eigenvalue weighted by molar-refractivity contribution is 0.0745. The third kappa shape index (κ3) is 4.93. The first-order valence-electron chi connectivity index (χ1n) is 9.28. The van der Waals surface area contributed by atoms with Gasteiger partial charge in [0.05, 0.1) is 5.02 Å². The topological polar surface area (TPSA) is 50.2 Å². The van der Waals surface area contributed by atoms with Crippen LogP contribution in [0.5, 0.6) is 0 Å². The van der Waals surface area contributed by atoms with Crippen molar-refractivity contribution >= 4 is 41.5 Å². The molecule has 2 heterocycles. The fourth-order valence-corrected chi connectivity index (χ4v) is 3.67. The highest BCUT2D eigenvalue weighted by Crippen LogP contribution is 2.29. The summed E-state index contributed by atoms with van der Waals surface area (Å²) in [5.74, 6) is 0.389. The molecule has 0 radical (unpaired) electrons. The third-order valence-electron chi connectivity index (χ3n) is 4.77. The van der Waals surface area contributed by atoms with Gasteiger partial charge in [0.2, 0.25) is 0 Å². The Bertz CT molecular complexity index is 982. The van der Waals surface area contributed by atoms with Crippen molar-refractivity contribution < 1.29 is 4.79 Å². The van der Waals surface area contributed by atoms with Gasteiger partial charge in [0.25, 0.3) is 5.91 Å². The number of aromatic nitrogens is 2. The molecule has 0 atom stereocenters. The Morgan fingerprint density at radius 2 is 1.66 bits per heavy atom. The summed E-state index contributed by atoms with van der Waals surface area (Å²) in [5.41, 5.74) is 4.92. The first kappa shape index (κ1) is 21.7. The molecule has 3 aromatic rings. The number of hydrogen-bond acceptors (Lipinski definition) is 3. The number of benzene rings is 2. The van der Waals surface area contributed by atoms with E-state index < -0.39 is 0 Å². The van der Waals surface area contributed by atoms with Gasteiger partial charge < -0.3 is 0 Å². The summed E-state index contributed by atoms with van der Waals surface area (Å²) in [4.78, 5) is 17.4. The van der Waals surface area contributed by atoms with E-state index in [4.69, 9.17) is 23.2 Å². The molecule has 1 aliphatic heterocycles. The molecule has 2 aromatic carbocycles. The summed E-state index contributed by atoms with van der Waals surface area (Å²) in [6.07, 6.45) is 5.12. The van der Waals surface area contributed by atoms with Crippen LogP contribution in [0.25, 0.3) is 17.1 Å². The number of nitrogens with zero attached hydrogens (tertiary/aromatic N) is 3. The highest BCUT2D eigenvalue weighted by atomic mass is 35.5. The number of piperidine rings is 1. The maximum atomic E-state index is 12.8. The molecule has 0 bridgehead atoms.